The number of H-pyrrole nitrogens is 1. The van der Waals surface area contributed by atoms with E-state index in [9.17, 15) is 92.0 Å². The number of allylic oxidation sites excluding steroid dienone is 4. The number of aromatic nitrogens is 2. The molecule has 36 heteroatoms. The Morgan fingerprint density at radius 2 is 1.21 bits per heavy atom. The van der Waals surface area contributed by atoms with Gasteiger partial charge in [-0.25, -0.2) is 14.8 Å². The minimum absolute atomic E-state index is 0.00641. The van der Waals surface area contributed by atoms with Crippen LogP contribution in [-0.2, 0) is 105 Å². The van der Waals surface area contributed by atoms with Crippen molar-refractivity contribution in [2.24, 2.45) is 28.2 Å². The van der Waals surface area contributed by atoms with Crippen LogP contribution in [0.3, 0.4) is 0 Å². The first-order valence-corrected chi connectivity index (χ1v) is 45.8. The Labute approximate surface area is 746 Å². The Hall–Kier alpha value is -11.1. The van der Waals surface area contributed by atoms with Gasteiger partial charge in [0, 0.05) is 147 Å². The van der Waals surface area contributed by atoms with E-state index in [1.165, 1.54) is 87.6 Å². The van der Waals surface area contributed by atoms with Crippen molar-refractivity contribution in [2.45, 2.75) is 162 Å². The molecule has 6 aromatic rings. The monoisotopic (exact) mass is 1810 g/mol. The Bertz CT molecular complexity index is 5060. The Kier molecular flexibility index (Phi) is 39.2. The van der Waals surface area contributed by atoms with E-state index < -0.39 is 157 Å². The molecule has 6 amide bonds. The highest BCUT2D eigenvalue weighted by Crippen LogP contribution is 2.40. The van der Waals surface area contributed by atoms with E-state index in [1.54, 1.807) is 121 Å². The molecule has 1 unspecified atom stereocenters. The number of likely N-dealkylation sites (N-methyl/N-ethyl adjacent to an activating group) is 1. The second-order valence-corrected chi connectivity index (χ2v) is 35.6. The van der Waals surface area contributed by atoms with Crippen molar-refractivity contribution < 1.29 is 111 Å². The van der Waals surface area contributed by atoms with Crippen molar-refractivity contribution in [1.29, 1.82) is 0 Å². The summed E-state index contributed by atoms with van der Waals surface area (Å²) in [6.45, 7) is 9.32. The molecular formula is C90H109N9O23S4. The van der Waals surface area contributed by atoms with Crippen molar-refractivity contribution in [1.82, 2.24) is 41.0 Å². The molecule has 32 nitrogen and oxygen atoms in total. The summed E-state index contributed by atoms with van der Waals surface area (Å²) in [5, 5.41) is 42.6. The van der Waals surface area contributed by atoms with Crippen molar-refractivity contribution >= 4 is 167 Å². The van der Waals surface area contributed by atoms with Crippen LogP contribution in [0.15, 0.2) is 131 Å². The number of carbonyl (C=O) groups excluding carboxylic acids is 14. The number of thiazole rings is 1. The van der Waals surface area contributed by atoms with Crippen molar-refractivity contribution in [2.75, 3.05) is 82.9 Å². The van der Waals surface area contributed by atoms with E-state index in [4.69, 9.17) is 18.9 Å². The Morgan fingerprint density at radius 3 is 1.89 bits per heavy atom. The number of benzene rings is 4. The fourth-order valence-electron chi connectivity index (χ4n) is 14.5. The number of nitrogens with one attached hydrogen (secondary N) is 5. The number of aliphatic carboxylic acids is 2. The molecular weight excluding hydrogens is 1700 g/mol. The molecule has 3 heterocycles. The van der Waals surface area contributed by atoms with Crippen molar-refractivity contribution in [3.63, 3.8) is 0 Å². The molecule has 1 aliphatic heterocycles. The summed E-state index contributed by atoms with van der Waals surface area (Å²) in [6.07, 6.45) is -0.755. The van der Waals surface area contributed by atoms with Crippen LogP contribution in [0.1, 0.15) is 134 Å². The van der Waals surface area contributed by atoms with Crippen LogP contribution in [-0.4, -0.2) is 248 Å². The van der Waals surface area contributed by atoms with Crippen molar-refractivity contribution in [3.05, 3.63) is 147 Å². The number of fused-ring (bicyclic) bond motifs is 2. The first-order chi connectivity index (χ1) is 60.1. The number of carboxylic acid groups (broad SMARTS) is 2. The highest BCUT2D eigenvalue weighted by atomic mass is 32.2. The predicted octanol–water partition coefficient (Wildman–Crippen LogP) is 9.17. The number of ether oxygens (including phenoxy) is 4. The summed E-state index contributed by atoms with van der Waals surface area (Å²) < 4.78 is 23.1. The van der Waals surface area contributed by atoms with Gasteiger partial charge in [0.25, 0.3) is 6.47 Å². The number of thioether (sulfide) groups is 3. The van der Waals surface area contributed by atoms with Gasteiger partial charge in [0.2, 0.25) is 35.8 Å². The van der Waals surface area contributed by atoms with Crippen molar-refractivity contribution in [3.8, 4) is 11.5 Å². The minimum atomic E-state index is -1.66. The summed E-state index contributed by atoms with van der Waals surface area (Å²) >= 11 is 5.40. The third-order valence-electron chi connectivity index (χ3n) is 21.8. The molecule has 126 heavy (non-hydrogen) atoms. The lowest BCUT2D eigenvalue weighted by molar-refractivity contribution is -0.141. The quantitative estimate of drug-likeness (QED) is 0.0100. The molecule has 0 bridgehead atoms. The Morgan fingerprint density at radius 1 is 0.627 bits per heavy atom. The number of para-hydroxylation sites is 1. The molecule has 0 fully saturated rings. The van der Waals surface area contributed by atoms with Gasteiger partial charge in [0.15, 0.2) is 34.7 Å². The maximum atomic E-state index is 14.8. The number of hydrogen-bond acceptors (Lipinski definition) is 27. The highest BCUT2D eigenvalue weighted by Gasteiger charge is 2.41. The average molecular weight is 1810 g/mol. The fourth-order valence-corrected chi connectivity index (χ4v) is 17.5. The first kappa shape index (κ1) is 100. The molecule has 0 spiro atoms. The van der Waals surface area contributed by atoms with E-state index in [-0.39, 0.29) is 143 Å². The van der Waals surface area contributed by atoms with Gasteiger partial charge in [-0.3, -0.25) is 71.9 Å². The van der Waals surface area contributed by atoms with E-state index in [2.05, 4.69) is 36.2 Å². The number of nitrogens with zero attached hydrogens (tertiary/aromatic N) is 4. The molecule has 0 radical (unpaired) electrons. The molecule has 2 aromatic heterocycles. The van der Waals surface area contributed by atoms with Crippen LogP contribution < -0.4 is 26.0 Å². The highest BCUT2D eigenvalue weighted by molar-refractivity contribution is 8.15. The van der Waals surface area contributed by atoms with Crippen LogP contribution in [0, 0.1) is 23.2 Å². The largest absolute Gasteiger partial charge is 0.508 e. The number of aliphatic imine (C=N–C) groups is 1. The summed E-state index contributed by atoms with van der Waals surface area (Å²) in [4.78, 5) is 232. The number of amides is 6. The van der Waals surface area contributed by atoms with Gasteiger partial charge in [0.1, 0.15) is 27.3 Å². The first-order valence-electron chi connectivity index (χ1n) is 41.2. The van der Waals surface area contributed by atoms with Gasteiger partial charge >= 0.3 is 18.0 Å². The minimum Gasteiger partial charge on any atom is -0.508 e. The maximum Gasteiger partial charge on any atom is 0.415 e. The molecule has 8 N–H and O–H groups in total. The number of aromatic hydroxyl groups is 1. The van der Waals surface area contributed by atoms with E-state index in [0.29, 0.717) is 66.3 Å². The zero-order chi connectivity index (χ0) is 91.9. The fraction of sp³-hybridized carbons (Fsp3) is 0.467. The van der Waals surface area contributed by atoms with Gasteiger partial charge in [-0.15, -0.1) is 11.3 Å². The lowest BCUT2D eigenvalue weighted by Gasteiger charge is -2.33. The number of carbonyl (C=O) groups is 16. The number of carboxylic acids is 2. The zero-order valence-corrected chi connectivity index (χ0v) is 75.2. The summed E-state index contributed by atoms with van der Waals surface area (Å²) in [5.41, 5.74) is 3.34. The number of phenols is 1. The third-order valence-corrected chi connectivity index (χ3v) is 25.2. The molecule has 8 atom stereocenters. The second kappa shape index (κ2) is 49.2. The average Bonchev–Trinajstić information content (AvgIpc) is 0.935. The van der Waals surface area contributed by atoms with E-state index in [1.807, 2.05) is 12.1 Å². The van der Waals surface area contributed by atoms with Gasteiger partial charge in [-0.05, 0) is 124 Å². The molecule has 676 valence electrons. The molecule has 1 aliphatic carbocycles. The number of rotatable bonds is 55. The number of hydrogen-bond donors (Lipinski definition) is 8. The van der Waals surface area contributed by atoms with Crippen LogP contribution in [0.25, 0.3) is 21.1 Å². The number of aromatic amines is 1. The molecule has 0 saturated heterocycles. The SMILES string of the molecule is CSCC[C@@H](CC(=O)[C@@H](Cc1c[nH]c2ccccc12)NC(=O)CCC(=O)[C@@H](CCSC)NC(=O)[C@H](CC(=O)[C@@H](CC(=O)O)NC(=O)CCOCCOCCN(CCN(C)C(=O)CC(C)(C)C1=C(C)C(=O)C(C)=C(C)C1=O)C(=O)Oc1ccc2nc(C3=NC(OC=O)CS3)sc2c1)Cc1ccc(O)cc1)C(=O)N[C@H](CC(=O)O)C(=O)C[C@H](Cc1ccccc1)C(C)=O. The third kappa shape index (κ3) is 30.4. The second-order valence-electron chi connectivity index (χ2n) is 31.6. The molecule has 4 aromatic carbocycles. The lowest BCUT2D eigenvalue weighted by atomic mass is 9.71. The molecule has 2 aliphatic rings. The summed E-state index contributed by atoms with van der Waals surface area (Å²) in [5.74, 6) is -12.0. The number of Topliss-reactive ketones (excluding diaryl/α,β-unsaturated/α-hetero) is 7. The van der Waals surface area contributed by atoms with Gasteiger partial charge in [0.05, 0.1) is 79.4 Å². The summed E-state index contributed by atoms with van der Waals surface area (Å²) in [6, 6.07) is 21.0. The smallest absolute Gasteiger partial charge is 0.415 e. The van der Waals surface area contributed by atoms with Gasteiger partial charge < -0.3 is 70.3 Å². The standard InChI is InChI=1S/C90H109N9O23S4/c1-52-53(2)84(115)82(54(3)83(52)114)90(5,6)48-79(109)98(7)30-31-99(89(118)122-63-23-24-67-75(45-63)126-88(96-67)87-97-78(50-125-87)121-51-100)32-34-120-36-35-119-33-27-77(108)93-69(46-80(110)111)74(106)44-60(40-57-19-21-62(102)22-20-57)86(117)94-66(29-38-124-9)71(103)25-26-76(107)92-68(41-61-49-91-65-18-14-13-17-64(61)65)72(104)42-58(28-37-123-8)85(116)95-70(47-81(112)113)73(105)43-59(55(4)101)39-56-15-11-10-12-16-56/h10-24,45,49,51,58-60,66,68-70,78,91,102H,25-44,46-48,50H2,1-9H3,(H,92,107)(H,93,108)(H,94,117)(H,95,116)(H,110,111)(H,112,113)/t58-,59-,60-,66+,68+,69+,70+,78?/m0/s1. The molecule has 8 rings (SSSR count). The van der Waals surface area contributed by atoms with E-state index >= 15 is 0 Å². The van der Waals surface area contributed by atoms with E-state index in [0.717, 1.165) is 16.5 Å². The van der Waals surface area contributed by atoms with Crippen LogP contribution in [0.2, 0.25) is 0 Å². The van der Waals surface area contributed by atoms with Gasteiger partial charge in [-0.2, -0.15) is 23.5 Å². The normalized spacial score (nSPS) is 15.1. The molecule has 0 saturated carbocycles. The maximum absolute atomic E-state index is 14.8. The Balaban J connectivity index is 0.874. The van der Waals surface area contributed by atoms with Crippen LogP contribution >= 0.6 is 46.6 Å². The summed E-state index contributed by atoms with van der Waals surface area (Å²) in [7, 11) is 1.55. The predicted molar refractivity (Wildman–Crippen MR) is 477 cm³/mol. The van der Waals surface area contributed by atoms with Crippen LogP contribution in [0.5, 0.6) is 11.5 Å². The van der Waals surface area contributed by atoms with Gasteiger partial charge in [-0.1, -0.05) is 86.3 Å². The lowest BCUT2D eigenvalue weighted by Crippen LogP contribution is -2.48. The topological polar surface area (TPSA) is 466 Å². The number of phenolic OH excluding ortho intramolecular Hbond substituents is 1. The van der Waals surface area contributed by atoms with Crippen LogP contribution in [0.4, 0.5) is 4.79 Å². The zero-order valence-electron chi connectivity index (χ0n) is 71.9. The number of ketones is 7.